The summed E-state index contributed by atoms with van der Waals surface area (Å²) >= 11 is 3.47. The lowest BCUT2D eigenvalue weighted by molar-refractivity contribution is 0.0952. The van der Waals surface area contributed by atoms with Gasteiger partial charge < -0.3 is 14.6 Å². The molecule has 152 valence electrons. The molecule has 0 aliphatic rings. The van der Waals surface area contributed by atoms with Crippen LogP contribution in [0.4, 0.5) is 0 Å². The Morgan fingerprint density at radius 3 is 2.79 bits per heavy atom. The van der Waals surface area contributed by atoms with Crippen molar-refractivity contribution in [3.8, 4) is 5.75 Å². The van der Waals surface area contributed by atoms with Crippen molar-refractivity contribution in [2.75, 3.05) is 13.7 Å². The van der Waals surface area contributed by atoms with Gasteiger partial charge in [-0.05, 0) is 43.2 Å². The zero-order valence-electron chi connectivity index (χ0n) is 16.7. The number of allylic oxidation sites excluding steroid dienone is 1. The van der Waals surface area contributed by atoms with E-state index in [1.807, 2.05) is 30.3 Å². The van der Waals surface area contributed by atoms with E-state index in [9.17, 15) is 4.79 Å². The average molecular weight is 456 g/mol. The molecule has 6 heteroatoms. The van der Waals surface area contributed by atoms with E-state index in [1.54, 1.807) is 19.2 Å². The maximum Gasteiger partial charge on any atom is 0.251 e. The number of amides is 1. The number of nitrogens with one attached hydrogen (secondary N) is 1. The lowest BCUT2D eigenvalue weighted by atomic mass is 10.1. The minimum Gasteiger partial charge on any atom is -0.497 e. The second kappa shape index (κ2) is 10.3. The Kier molecular flexibility index (Phi) is 7.47. The molecule has 5 nitrogen and oxygen atoms in total. The first-order chi connectivity index (χ1) is 14.1. The number of carbonyl (C=O) groups excluding carboxylic acids is 1. The third-order valence-electron chi connectivity index (χ3n) is 4.76. The molecule has 3 rings (SSSR count). The molecular weight excluding hydrogens is 430 g/mol. The summed E-state index contributed by atoms with van der Waals surface area (Å²) in [5, 5.41) is 2.97. The zero-order chi connectivity index (χ0) is 20.6. The molecule has 0 bridgehead atoms. The third-order valence-corrected chi connectivity index (χ3v) is 5.01. The molecule has 0 fully saturated rings. The summed E-state index contributed by atoms with van der Waals surface area (Å²) in [6.07, 6.45) is 3.88. The van der Waals surface area contributed by atoms with E-state index in [-0.39, 0.29) is 5.91 Å². The summed E-state index contributed by atoms with van der Waals surface area (Å²) in [5.74, 6) is 1.69. The van der Waals surface area contributed by atoms with Gasteiger partial charge in [0.1, 0.15) is 11.6 Å². The van der Waals surface area contributed by atoms with Crippen LogP contribution < -0.4 is 10.1 Å². The van der Waals surface area contributed by atoms with Gasteiger partial charge in [-0.3, -0.25) is 4.79 Å². The molecule has 0 aliphatic heterocycles. The molecule has 0 unspecified atom stereocenters. The average Bonchev–Trinajstić information content (AvgIpc) is 3.07. The van der Waals surface area contributed by atoms with Crippen LogP contribution in [0.5, 0.6) is 5.75 Å². The maximum atomic E-state index is 12.2. The molecule has 1 aromatic heterocycles. The van der Waals surface area contributed by atoms with Gasteiger partial charge in [-0.2, -0.15) is 0 Å². The molecule has 1 heterocycles. The van der Waals surface area contributed by atoms with Crippen LogP contribution in [-0.2, 0) is 13.0 Å². The lowest BCUT2D eigenvalue weighted by Crippen LogP contribution is -2.24. The quantitative estimate of drug-likeness (QED) is 0.432. The van der Waals surface area contributed by atoms with E-state index in [0.717, 1.165) is 47.0 Å². The number of fused-ring (bicyclic) bond motifs is 1. The van der Waals surface area contributed by atoms with Gasteiger partial charge in [0.15, 0.2) is 0 Å². The van der Waals surface area contributed by atoms with Crippen molar-refractivity contribution in [2.24, 2.45) is 0 Å². The summed E-state index contributed by atoms with van der Waals surface area (Å²) in [4.78, 5) is 17.0. The predicted molar refractivity (Wildman–Crippen MR) is 121 cm³/mol. The van der Waals surface area contributed by atoms with Gasteiger partial charge in [-0.25, -0.2) is 4.98 Å². The van der Waals surface area contributed by atoms with Gasteiger partial charge in [-0.1, -0.05) is 47.1 Å². The Balaban J connectivity index is 1.47. The van der Waals surface area contributed by atoms with Crippen molar-refractivity contribution in [3.63, 3.8) is 0 Å². The molecule has 2 aromatic carbocycles. The lowest BCUT2D eigenvalue weighted by Gasteiger charge is -2.09. The number of carbonyl (C=O) groups is 1. The number of benzene rings is 2. The van der Waals surface area contributed by atoms with Gasteiger partial charge in [0, 0.05) is 23.0 Å². The minimum atomic E-state index is -0.0680. The molecule has 1 amide bonds. The van der Waals surface area contributed by atoms with Crippen molar-refractivity contribution >= 4 is 32.9 Å². The number of imidazole rings is 1. The second-order valence-electron chi connectivity index (χ2n) is 6.92. The number of halogens is 1. The Morgan fingerprint density at radius 2 is 2.00 bits per heavy atom. The summed E-state index contributed by atoms with van der Waals surface area (Å²) in [6.45, 7) is 5.34. The van der Waals surface area contributed by atoms with Gasteiger partial charge in [0.2, 0.25) is 0 Å². The number of rotatable bonds is 10. The fourth-order valence-electron chi connectivity index (χ4n) is 3.32. The van der Waals surface area contributed by atoms with Gasteiger partial charge in [0.05, 0.1) is 24.7 Å². The number of aromatic nitrogens is 2. The first kappa shape index (κ1) is 21.1. The molecule has 0 aliphatic carbocycles. The highest BCUT2D eigenvalue weighted by Crippen LogP contribution is 2.20. The van der Waals surface area contributed by atoms with Gasteiger partial charge in [0.25, 0.3) is 5.91 Å². The number of hydrogen-bond acceptors (Lipinski definition) is 3. The van der Waals surface area contributed by atoms with Crippen LogP contribution >= 0.6 is 15.9 Å². The maximum absolute atomic E-state index is 12.2. The number of nitrogens with zero attached hydrogens (tertiary/aromatic N) is 2. The number of hydrogen-bond donors (Lipinski definition) is 1. The highest BCUT2D eigenvalue weighted by atomic mass is 79.9. The van der Waals surface area contributed by atoms with Crippen LogP contribution in [-0.4, -0.2) is 29.1 Å². The first-order valence-corrected chi connectivity index (χ1v) is 10.6. The highest BCUT2D eigenvalue weighted by molar-refractivity contribution is 9.11. The minimum absolute atomic E-state index is 0.0680. The standard InChI is InChI=1S/C23H26BrN3O2/c1-17(24)16-27-21-12-6-5-11-20(21)26-22(27)13-4-3-7-14-25-23(28)18-9-8-10-19(15-18)29-2/h5-6,8-12,15H,1,3-4,7,13-14,16H2,2H3,(H,25,28). The van der Waals surface area contributed by atoms with Crippen LogP contribution in [0, 0.1) is 0 Å². The highest BCUT2D eigenvalue weighted by Gasteiger charge is 2.11. The van der Waals surface area contributed by atoms with Crippen molar-refractivity contribution in [1.29, 1.82) is 0 Å². The van der Waals surface area contributed by atoms with E-state index in [1.165, 1.54) is 0 Å². The third kappa shape index (κ3) is 5.70. The SMILES string of the molecule is C=C(Br)Cn1c(CCCCCNC(=O)c2cccc(OC)c2)nc2ccccc21. The molecule has 0 spiro atoms. The zero-order valence-corrected chi connectivity index (χ0v) is 18.2. The number of methoxy groups -OCH3 is 1. The first-order valence-electron chi connectivity index (χ1n) is 9.78. The molecule has 0 saturated carbocycles. The number of aryl methyl sites for hydroxylation is 1. The van der Waals surface area contributed by atoms with Crippen LogP contribution in [0.15, 0.2) is 59.6 Å². The Labute approximate surface area is 179 Å². The van der Waals surface area contributed by atoms with Crippen molar-refractivity contribution in [2.45, 2.75) is 32.2 Å². The fourth-order valence-corrected chi connectivity index (χ4v) is 3.57. The van der Waals surface area contributed by atoms with Gasteiger partial charge in [-0.15, -0.1) is 0 Å². The van der Waals surface area contributed by atoms with E-state index in [2.05, 4.69) is 38.5 Å². The Bertz CT molecular complexity index is 997. The van der Waals surface area contributed by atoms with E-state index in [0.29, 0.717) is 24.4 Å². The normalized spacial score (nSPS) is 10.8. The van der Waals surface area contributed by atoms with E-state index < -0.39 is 0 Å². The summed E-state index contributed by atoms with van der Waals surface area (Å²) in [5.41, 5.74) is 2.77. The predicted octanol–water partition coefficient (Wildman–Crippen LogP) is 5.10. The summed E-state index contributed by atoms with van der Waals surface area (Å²) in [6, 6.07) is 15.4. The van der Waals surface area contributed by atoms with Crippen LogP contribution in [0.3, 0.4) is 0 Å². The monoisotopic (exact) mass is 455 g/mol. The van der Waals surface area contributed by atoms with Crippen molar-refractivity contribution in [1.82, 2.24) is 14.9 Å². The largest absolute Gasteiger partial charge is 0.497 e. The molecular formula is C23H26BrN3O2. The second-order valence-corrected chi connectivity index (χ2v) is 8.04. The summed E-state index contributed by atoms with van der Waals surface area (Å²) in [7, 11) is 1.60. The van der Waals surface area contributed by atoms with Crippen molar-refractivity contribution < 1.29 is 9.53 Å². The number of ether oxygens (including phenoxy) is 1. The Hall–Kier alpha value is -2.60. The topological polar surface area (TPSA) is 56.2 Å². The molecule has 1 N–H and O–H groups in total. The van der Waals surface area contributed by atoms with Crippen molar-refractivity contribution in [3.05, 3.63) is 71.0 Å². The van der Waals surface area contributed by atoms with E-state index >= 15 is 0 Å². The molecule has 3 aromatic rings. The van der Waals surface area contributed by atoms with Gasteiger partial charge >= 0.3 is 0 Å². The Morgan fingerprint density at radius 1 is 1.17 bits per heavy atom. The molecule has 0 saturated heterocycles. The van der Waals surface area contributed by atoms with Crippen LogP contribution in [0.1, 0.15) is 35.4 Å². The molecule has 29 heavy (non-hydrogen) atoms. The smallest absolute Gasteiger partial charge is 0.251 e. The molecule has 0 atom stereocenters. The van der Waals surface area contributed by atoms with E-state index in [4.69, 9.17) is 9.72 Å². The fraction of sp³-hybridized carbons (Fsp3) is 0.304. The van der Waals surface area contributed by atoms with Crippen LogP contribution in [0.25, 0.3) is 11.0 Å². The number of unbranched alkanes of at least 4 members (excludes halogenated alkanes) is 2. The van der Waals surface area contributed by atoms with Crippen LogP contribution in [0.2, 0.25) is 0 Å². The molecule has 0 radical (unpaired) electrons. The number of para-hydroxylation sites is 2. The summed E-state index contributed by atoms with van der Waals surface area (Å²) < 4.78 is 8.32.